The first-order valence-electron chi connectivity index (χ1n) is 6.74. The molecule has 0 aliphatic rings. The zero-order valence-corrected chi connectivity index (χ0v) is 12.3. The Kier molecular flexibility index (Phi) is 4.08. The molecule has 2 N–H and O–H groups in total. The number of aromatic carboxylic acids is 1. The molecule has 2 heterocycles. The van der Waals surface area contributed by atoms with Crippen LogP contribution >= 0.6 is 0 Å². The van der Waals surface area contributed by atoms with Crippen LogP contribution in [0.4, 0.5) is 0 Å². The topological polar surface area (TPSA) is 106 Å². The van der Waals surface area contributed by atoms with Crippen molar-refractivity contribution in [2.24, 2.45) is 0 Å². The van der Waals surface area contributed by atoms with Crippen molar-refractivity contribution >= 4 is 5.97 Å². The van der Waals surface area contributed by atoms with E-state index in [-0.39, 0.29) is 5.69 Å². The van der Waals surface area contributed by atoms with Crippen molar-refractivity contribution in [3.8, 4) is 11.3 Å². The van der Waals surface area contributed by atoms with Crippen LogP contribution < -0.4 is 0 Å². The van der Waals surface area contributed by atoms with Crippen LogP contribution in [0, 0.1) is 0 Å². The number of aliphatic hydroxyl groups is 1. The van der Waals surface area contributed by atoms with Crippen LogP contribution in [0.5, 0.6) is 0 Å². The van der Waals surface area contributed by atoms with Crippen LogP contribution in [0.3, 0.4) is 0 Å². The van der Waals surface area contributed by atoms with E-state index in [2.05, 4.69) is 15.4 Å². The lowest BCUT2D eigenvalue weighted by Gasteiger charge is -2.17. The molecule has 8 nitrogen and oxygen atoms in total. The summed E-state index contributed by atoms with van der Waals surface area (Å²) in [7, 11) is 0. The summed E-state index contributed by atoms with van der Waals surface area (Å²) in [6, 6.07) is 0. The molecule has 0 unspecified atom stereocenters. The fourth-order valence-electron chi connectivity index (χ4n) is 1.94. The number of rotatable bonds is 6. The molecule has 0 atom stereocenters. The molecule has 0 fully saturated rings. The van der Waals surface area contributed by atoms with E-state index < -0.39 is 11.6 Å². The van der Waals surface area contributed by atoms with Gasteiger partial charge in [0.2, 0.25) is 0 Å². The molecule has 0 bridgehead atoms. The van der Waals surface area contributed by atoms with Crippen LogP contribution in [0.1, 0.15) is 37.7 Å². The van der Waals surface area contributed by atoms with Crippen molar-refractivity contribution in [1.82, 2.24) is 24.8 Å². The Balaban J connectivity index is 2.40. The molecule has 0 aromatic carbocycles. The highest BCUT2D eigenvalue weighted by Crippen LogP contribution is 2.23. The van der Waals surface area contributed by atoms with E-state index in [0.717, 1.165) is 0 Å². The first kappa shape index (κ1) is 15.2. The van der Waals surface area contributed by atoms with E-state index in [1.54, 1.807) is 30.9 Å². The summed E-state index contributed by atoms with van der Waals surface area (Å²) in [5.74, 6) is -1.14. The molecule has 2 aromatic rings. The minimum absolute atomic E-state index is 0.110. The van der Waals surface area contributed by atoms with Gasteiger partial charge in [-0.2, -0.15) is 5.10 Å². The lowest BCUT2D eigenvalue weighted by Crippen LogP contribution is -2.21. The van der Waals surface area contributed by atoms with Gasteiger partial charge in [0.15, 0.2) is 5.69 Å². The Morgan fingerprint density at radius 2 is 2.14 bits per heavy atom. The van der Waals surface area contributed by atoms with Crippen molar-refractivity contribution in [3.05, 3.63) is 18.1 Å². The summed E-state index contributed by atoms with van der Waals surface area (Å²) >= 11 is 0. The standard InChI is InChI=1S/C13H19N5O3/c1-4-17-8-9(7-14-17)11-10(12(19)20)15-16-18(11)6-5-13(2,3)21/h7-8,21H,4-6H2,1-3H3,(H,19,20). The molecule has 0 spiro atoms. The second-order valence-corrected chi connectivity index (χ2v) is 5.46. The van der Waals surface area contributed by atoms with Crippen LogP contribution in [0.2, 0.25) is 0 Å². The molecule has 2 rings (SSSR count). The minimum atomic E-state index is -1.14. The number of hydrogen-bond acceptors (Lipinski definition) is 5. The number of aromatic nitrogens is 5. The summed E-state index contributed by atoms with van der Waals surface area (Å²) in [6.45, 7) is 6.39. The highest BCUT2D eigenvalue weighted by molar-refractivity contribution is 5.92. The van der Waals surface area contributed by atoms with E-state index in [1.165, 1.54) is 4.68 Å². The Bertz CT molecular complexity index is 639. The quantitative estimate of drug-likeness (QED) is 0.823. The summed E-state index contributed by atoms with van der Waals surface area (Å²) < 4.78 is 3.20. The second kappa shape index (κ2) is 5.65. The van der Waals surface area contributed by atoms with Crippen molar-refractivity contribution in [2.45, 2.75) is 45.9 Å². The fraction of sp³-hybridized carbons (Fsp3) is 0.538. The van der Waals surface area contributed by atoms with Crippen molar-refractivity contribution in [2.75, 3.05) is 0 Å². The number of aryl methyl sites for hydroxylation is 2. The molecular formula is C13H19N5O3. The molecule has 0 aliphatic heterocycles. The maximum Gasteiger partial charge on any atom is 0.358 e. The van der Waals surface area contributed by atoms with Crippen LogP contribution in [0.15, 0.2) is 12.4 Å². The average molecular weight is 293 g/mol. The first-order valence-corrected chi connectivity index (χ1v) is 6.74. The van der Waals surface area contributed by atoms with Crippen molar-refractivity contribution < 1.29 is 15.0 Å². The van der Waals surface area contributed by atoms with Gasteiger partial charge in [-0.3, -0.25) is 4.68 Å². The van der Waals surface area contributed by atoms with Crippen molar-refractivity contribution in [1.29, 1.82) is 0 Å². The van der Waals surface area contributed by atoms with Crippen molar-refractivity contribution in [3.63, 3.8) is 0 Å². The van der Waals surface area contributed by atoms with Gasteiger partial charge < -0.3 is 10.2 Å². The van der Waals surface area contributed by atoms with Gasteiger partial charge in [-0.05, 0) is 27.2 Å². The molecule has 8 heteroatoms. The molecule has 21 heavy (non-hydrogen) atoms. The average Bonchev–Trinajstić information content (AvgIpc) is 3.01. The molecule has 0 saturated carbocycles. The third-order valence-corrected chi connectivity index (χ3v) is 3.10. The van der Waals surface area contributed by atoms with Gasteiger partial charge in [0.1, 0.15) is 5.69 Å². The van der Waals surface area contributed by atoms with E-state index in [1.807, 2.05) is 6.92 Å². The van der Waals surface area contributed by atoms with E-state index in [0.29, 0.717) is 30.8 Å². The molecular weight excluding hydrogens is 274 g/mol. The minimum Gasteiger partial charge on any atom is -0.476 e. The summed E-state index contributed by atoms with van der Waals surface area (Å²) in [5.41, 5.74) is 0.0862. The molecule has 0 amide bonds. The predicted octanol–water partition coefficient (Wildman–Crippen LogP) is 1.02. The van der Waals surface area contributed by atoms with Gasteiger partial charge in [-0.15, -0.1) is 5.10 Å². The number of hydrogen-bond donors (Lipinski definition) is 2. The summed E-state index contributed by atoms with van der Waals surface area (Å²) in [5, 5.41) is 30.8. The highest BCUT2D eigenvalue weighted by Gasteiger charge is 2.23. The maximum atomic E-state index is 11.3. The van der Waals surface area contributed by atoms with E-state index in [9.17, 15) is 15.0 Å². The van der Waals surface area contributed by atoms with E-state index in [4.69, 9.17) is 0 Å². The number of carboxylic acid groups (broad SMARTS) is 1. The Morgan fingerprint density at radius 3 is 2.67 bits per heavy atom. The highest BCUT2D eigenvalue weighted by atomic mass is 16.4. The van der Waals surface area contributed by atoms with Gasteiger partial charge in [-0.1, -0.05) is 5.21 Å². The Labute approximate surface area is 122 Å². The van der Waals surface area contributed by atoms with Gasteiger partial charge in [-0.25, -0.2) is 9.48 Å². The fourth-order valence-corrected chi connectivity index (χ4v) is 1.94. The lowest BCUT2D eigenvalue weighted by atomic mass is 10.1. The second-order valence-electron chi connectivity index (χ2n) is 5.46. The largest absolute Gasteiger partial charge is 0.476 e. The molecule has 0 radical (unpaired) electrons. The number of nitrogens with zero attached hydrogens (tertiary/aromatic N) is 5. The lowest BCUT2D eigenvalue weighted by molar-refractivity contribution is 0.0650. The summed E-state index contributed by atoms with van der Waals surface area (Å²) in [4.78, 5) is 11.3. The van der Waals surface area contributed by atoms with Crippen LogP contribution in [-0.4, -0.2) is 46.6 Å². The smallest absolute Gasteiger partial charge is 0.358 e. The molecule has 0 aliphatic carbocycles. The van der Waals surface area contributed by atoms with Gasteiger partial charge in [0.05, 0.1) is 11.8 Å². The SMILES string of the molecule is CCn1cc(-c2c(C(=O)O)nnn2CCC(C)(C)O)cn1. The molecule has 2 aromatic heterocycles. The predicted molar refractivity (Wildman–Crippen MR) is 74.8 cm³/mol. The van der Waals surface area contributed by atoms with Crippen LogP contribution in [0.25, 0.3) is 11.3 Å². The van der Waals surface area contributed by atoms with Gasteiger partial charge >= 0.3 is 5.97 Å². The Morgan fingerprint density at radius 1 is 1.43 bits per heavy atom. The number of carbonyl (C=O) groups is 1. The molecule has 114 valence electrons. The summed E-state index contributed by atoms with van der Waals surface area (Å²) in [6.07, 6.45) is 3.78. The number of carboxylic acids is 1. The van der Waals surface area contributed by atoms with Gasteiger partial charge in [0, 0.05) is 24.8 Å². The monoisotopic (exact) mass is 293 g/mol. The zero-order chi connectivity index (χ0) is 15.6. The third kappa shape index (κ3) is 3.46. The first-order chi connectivity index (χ1) is 9.81. The maximum absolute atomic E-state index is 11.3. The van der Waals surface area contributed by atoms with Crippen LogP contribution in [-0.2, 0) is 13.1 Å². The van der Waals surface area contributed by atoms with E-state index >= 15 is 0 Å². The Hall–Kier alpha value is -2.22. The zero-order valence-electron chi connectivity index (χ0n) is 12.3. The normalized spacial score (nSPS) is 11.8. The van der Waals surface area contributed by atoms with Gasteiger partial charge in [0.25, 0.3) is 0 Å². The molecule has 0 saturated heterocycles. The third-order valence-electron chi connectivity index (χ3n) is 3.10.